The average molecular weight is 86.2 g/mol. The highest BCUT2D eigenvalue weighted by Gasteiger charge is 1.85. The first-order chi connectivity index (χ1) is 2.77. The van der Waals surface area contributed by atoms with Gasteiger partial charge in [-0.2, -0.15) is 0 Å². The minimum atomic E-state index is 0.148. The van der Waals surface area contributed by atoms with E-state index in [1.807, 2.05) is 0 Å². The van der Waals surface area contributed by atoms with E-state index in [9.17, 15) is 0 Å². The van der Waals surface area contributed by atoms with Gasteiger partial charge in [0.25, 0.3) is 0 Å². The van der Waals surface area contributed by atoms with E-state index in [-0.39, 0.29) is 6.04 Å². The summed E-state index contributed by atoms with van der Waals surface area (Å²) in [7, 11) is 0. The van der Waals surface area contributed by atoms with Crippen LogP contribution >= 0.6 is 0 Å². The molecule has 37 valence electrons. The van der Waals surface area contributed by atoms with Crippen LogP contribution in [0.25, 0.3) is 0 Å². The van der Waals surface area contributed by atoms with Gasteiger partial charge in [0.15, 0.2) is 0 Å². The molecule has 0 aliphatic rings. The molecule has 1 unspecified atom stereocenters. The van der Waals surface area contributed by atoms with E-state index in [1.54, 1.807) is 0 Å². The fraction of sp³-hybridized carbons (Fsp3) is 0.800. The van der Waals surface area contributed by atoms with Gasteiger partial charge in [0.2, 0.25) is 0 Å². The third-order valence-corrected chi connectivity index (χ3v) is 0.659. The van der Waals surface area contributed by atoms with Crippen molar-refractivity contribution in [1.29, 1.82) is 0 Å². The summed E-state index contributed by atoms with van der Waals surface area (Å²) in [6.07, 6.45) is 2.19. The third kappa shape index (κ3) is 3.96. The summed E-state index contributed by atoms with van der Waals surface area (Å²) in [5.74, 6) is 0. The second-order valence-electron chi connectivity index (χ2n) is 1.55. The molecule has 6 heavy (non-hydrogen) atoms. The largest absolute Gasteiger partial charge is 0.328 e. The van der Waals surface area contributed by atoms with Gasteiger partial charge in [0.1, 0.15) is 0 Å². The molecule has 2 N–H and O–H groups in total. The maximum Gasteiger partial charge on any atom is 0.00393 e. The van der Waals surface area contributed by atoms with E-state index in [4.69, 9.17) is 5.73 Å². The molecule has 0 spiro atoms. The molecule has 0 heterocycles. The van der Waals surface area contributed by atoms with E-state index < -0.39 is 0 Å². The Morgan fingerprint density at radius 1 is 1.83 bits per heavy atom. The van der Waals surface area contributed by atoms with Crippen LogP contribution in [0.3, 0.4) is 0 Å². The van der Waals surface area contributed by atoms with Gasteiger partial charge in [-0.05, 0) is 13.3 Å². The predicted octanol–water partition coefficient (Wildman–Crippen LogP) is 0.948. The lowest BCUT2D eigenvalue weighted by Gasteiger charge is -1.96. The van der Waals surface area contributed by atoms with E-state index in [2.05, 4.69) is 13.8 Å². The van der Waals surface area contributed by atoms with Crippen LogP contribution < -0.4 is 5.73 Å². The zero-order chi connectivity index (χ0) is 4.99. The highest BCUT2D eigenvalue weighted by molar-refractivity contribution is 4.59. The van der Waals surface area contributed by atoms with Crippen LogP contribution in [0.5, 0.6) is 0 Å². The fourth-order valence-corrected chi connectivity index (χ4v) is 0.371. The van der Waals surface area contributed by atoms with E-state index in [1.165, 1.54) is 0 Å². The van der Waals surface area contributed by atoms with Crippen molar-refractivity contribution >= 4 is 0 Å². The second-order valence-corrected chi connectivity index (χ2v) is 1.55. The fourth-order valence-electron chi connectivity index (χ4n) is 0.371. The van der Waals surface area contributed by atoms with Gasteiger partial charge in [-0.25, -0.2) is 0 Å². The summed E-state index contributed by atoms with van der Waals surface area (Å²) in [6, 6.07) is 0.148. The first kappa shape index (κ1) is 5.96. The molecule has 1 atom stereocenters. The Morgan fingerprint density at radius 3 is 2.33 bits per heavy atom. The minimum absolute atomic E-state index is 0.148. The topological polar surface area (TPSA) is 26.0 Å². The Hall–Kier alpha value is -0.0400. The standard InChI is InChI=1S/C5H12N/c1-3-4-5(2)6/h5H,2-4,6H2,1H3. The number of rotatable bonds is 2. The lowest BCUT2D eigenvalue weighted by Crippen LogP contribution is -2.13. The Labute approximate surface area is 39.5 Å². The maximum atomic E-state index is 5.29. The molecule has 0 saturated heterocycles. The highest BCUT2D eigenvalue weighted by atomic mass is 14.6. The van der Waals surface area contributed by atoms with Gasteiger partial charge in [0.05, 0.1) is 0 Å². The molecular weight excluding hydrogens is 74.1 g/mol. The Morgan fingerprint density at radius 2 is 2.33 bits per heavy atom. The van der Waals surface area contributed by atoms with Crippen molar-refractivity contribution in [1.82, 2.24) is 0 Å². The van der Waals surface area contributed by atoms with Gasteiger partial charge in [0, 0.05) is 6.04 Å². The van der Waals surface area contributed by atoms with E-state index in [0.717, 1.165) is 12.8 Å². The predicted molar refractivity (Wildman–Crippen MR) is 28.2 cm³/mol. The Kier molecular flexibility index (Phi) is 3.14. The molecule has 0 aromatic heterocycles. The summed E-state index contributed by atoms with van der Waals surface area (Å²) >= 11 is 0. The highest BCUT2D eigenvalue weighted by Crippen LogP contribution is 1.87. The normalized spacial score (nSPS) is 14.5. The average Bonchev–Trinajstić information content (AvgIpc) is 1.35. The summed E-state index contributed by atoms with van der Waals surface area (Å²) in [6.45, 7) is 5.71. The minimum Gasteiger partial charge on any atom is -0.328 e. The lowest BCUT2D eigenvalue weighted by atomic mass is 10.2. The van der Waals surface area contributed by atoms with Crippen molar-refractivity contribution in [3.8, 4) is 0 Å². The molecule has 0 amide bonds. The molecular formula is C5H12N. The van der Waals surface area contributed by atoms with Crippen LogP contribution in [0, 0.1) is 6.92 Å². The van der Waals surface area contributed by atoms with Gasteiger partial charge < -0.3 is 5.73 Å². The summed E-state index contributed by atoms with van der Waals surface area (Å²) < 4.78 is 0. The van der Waals surface area contributed by atoms with Crippen LogP contribution in [0.1, 0.15) is 19.8 Å². The van der Waals surface area contributed by atoms with E-state index in [0.29, 0.717) is 0 Å². The lowest BCUT2D eigenvalue weighted by molar-refractivity contribution is 0.701. The number of hydrogen-bond acceptors (Lipinski definition) is 1. The van der Waals surface area contributed by atoms with Crippen molar-refractivity contribution in [3.63, 3.8) is 0 Å². The van der Waals surface area contributed by atoms with Gasteiger partial charge in [-0.3, -0.25) is 0 Å². The first-order valence-electron chi connectivity index (χ1n) is 2.36. The second kappa shape index (κ2) is 3.16. The SMILES string of the molecule is [CH2]C(N)CCC. The third-order valence-electron chi connectivity index (χ3n) is 0.659. The van der Waals surface area contributed by atoms with Crippen molar-refractivity contribution in [3.05, 3.63) is 6.92 Å². The molecule has 0 saturated carbocycles. The van der Waals surface area contributed by atoms with Crippen LogP contribution in [0.2, 0.25) is 0 Å². The van der Waals surface area contributed by atoms with Crippen molar-refractivity contribution < 1.29 is 0 Å². The summed E-state index contributed by atoms with van der Waals surface area (Å²) in [4.78, 5) is 0. The molecule has 0 bridgehead atoms. The smallest absolute Gasteiger partial charge is 0.00393 e. The van der Waals surface area contributed by atoms with Crippen LogP contribution in [0.15, 0.2) is 0 Å². The molecule has 0 aliphatic heterocycles. The van der Waals surface area contributed by atoms with E-state index >= 15 is 0 Å². The summed E-state index contributed by atoms with van der Waals surface area (Å²) in [5, 5.41) is 0. The Balaban J connectivity index is 2.63. The molecule has 1 nitrogen and oxygen atoms in total. The molecule has 0 fully saturated rings. The molecule has 1 radical (unpaired) electrons. The number of nitrogens with two attached hydrogens (primary N) is 1. The van der Waals surface area contributed by atoms with Crippen molar-refractivity contribution in [2.24, 2.45) is 5.73 Å². The zero-order valence-electron chi connectivity index (χ0n) is 4.28. The zero-order valence-corrected chi connectivity index (χ0v) is 4.28. The van der Waals surface area contributed by atoms with Crippen molar-refractivity contribution in [2.75, 3.05) is 0 Å². The van der Waals surface area contributed by atoms with Gasteiger partial charge in [-0.15, -0.1) is 0 Å². The molecule has 1 heteroatoms. The van der Waals surface area contributed by atoms with Crippen LogP contribution in [-0.2, 0) is 0 Å². The monoisotopic (exact) mass is 86.1 g/mol. The molecule has 0 aliphatic carbocycles. The van der Waals surface area contributed by atoms with Gasteiger partial charge in [-0.1, -0.05) is 13.3 Å². The number of hydrogen-bond donors (Lipinski definition) is 1. The van der Waals surface area contributed by atoms with Crippen LogP contribution in [0.4, 0.5) is 0 Å². The quantitative estimate of drug-likeness (QED) is 0.532. The van der Waals surface area contributed by atoms with Crippen LogP contribution in [-0.4, -0.2) is 6.04 Å². The first-order valence-corrected chi connectivity index (χ1v) is 2.36. The van der Waals surface area contributed by atoms with Gasteiger partial charge >= 0.3 is 0 Å². The maximum absolute atomic E-state index is 5.29. The van der Waals surface area contributed by atoms with Crippen molar-refractivity contribution in [2.45, 2.75) is 25.8 Å². The Bertz CT molecular complexity index is 25.1. The molecule has 0 aromatic carbocycles. The molecule has 0 rings (SSSR count). The summed E-state index contributed by atoms with van der Waals surface area (Å²) in [5.41, 5.74) is 5.29. The molecule has 0 aromatic rings.